The Morgan fingerprint density at radius 1 is 0.641 bits per heavy atom. The Morgan fingerprint density at radius 2 is 1.23 bits per heavy atom. The molecule has 6 heteroatoms. The third-order valence-electron chi connectivity index (χ3n) is 6.26. The first-order chi connectivity index (χ1) is 19.2. The van der Waals surface area contributed by atoms with E-state index in [0.29, 0.717) is 13.2 Å². The summed E-state index contributed by atoms with van der Waals surface area (Å²) in [5, 5.41) is 0. The zero-order chi connectivity index (χ0) is 27.1. The Kier molecular flexibility index (Phi) is 10.8. The average molecular weight is 521 g/mol. The highest BCUT2D eigenvalue weighted by molar-refractivity contribution is 5.78. The molecule has 39 heavy (non-hydrogen) atoms. The highest BCUT2D eigenvalue weighted by Gasteiger charge is 2.03. The van der Waals surface area contributed by atoms with E-state index in [2.05, 4.69) is 58.1 Å². The highest BCUT2D eigenvalue weighted by atomic mass is 16.5. The number of unbranched alkanes of at least 4 members (excludes halogenated alkanes) is 2. The lowest BCUT2D eigenvalue weighted by molar-refractivity contribution is 0.279. The summed E-state index contributed by atoms with van der Waals surface area (Å²) in [5.41, 5.74) is 3.97. The Hall–Kier alpha value is -4.32. The smallest absolute Gasteiger partial charge is 0.137 e. The molecule has 0 aliphatic heterocycles. The van der Waals surface area contributed by atoms with E-state index in [-0.39, 0.29) is 12.1 Å². The molecule has 2 aromatic carbocycles. The van der Waals surface area contributed by atoms with Crippen LogP contribution in [0.25, 0.3) is 0 Å². The fourth-order valence-corrected chi connectivity index (χ4v) is 3.91. The first-order valence-corrected chi connectivity index (χ1v) is 13.5. The second-order valence-corrected chi connectivity index (χ2v) is 9.32. The predicted molar refractivity (Wildman–Crippen MR) is 158 cm³/mol. The van der Waals surface area contributed by atoms with Crippen LogP contribution in [0.4, 0.5) is 0 Å². The minimum atomic E-state index is 0.0797. The lowest BCUT2D eigenvalue weighted by Gasteiger charge is -2.08. The number of hydrogen-bond donors (Lipinski definition) is 0. The molecule has 0 aliphatic rings. The van der Waals surface area contributed by atoms with Gasteiger partial charge in [-0.15, -0.1) is 0 Å². The fourth-order valence-electron chi connectivity index (χ4n) is 3.91. The number of hydrogen-bond acceptors (Lipinski definition) is 6. The van der Waals surface area contributed by atoms with Gasteiger partial charge < -0.3 is 9.47 Å². The predicted octanol–water partition coefficient (Wildman–Crippen LogP) is 7.46. The van der Waals surface area contributed by atoms with Gasteiger partial charge in [-0.05, 0) is 62.4 Å². The van der Waals surface area contributed by atoms with Gasteiger partial charge in [0.25, 0.3) is 0 Å². The maximum absolute atomic E-state index is 5.92. The molecule has 0 unspecified atom stereocenters. The van der Waals surface area contributed by atoms with Gasteiger partial charge in [0, 0.05) is 24.7 Å². The van der Waals surface area contributed by atoms with Gasteiger partial charge in [-0.25, -0.2) is 0 Å². The molecule has 0 fully saturated rings. The van der Waals surface area contributed by atoms with Crippen LogP contribution in [0.15, 0.2) is 107 Å². The van der Waals surface area contributed by atoms with Crippen LogP contribution in [-0.4, -0.2) is 35.6 Å². The number of rotatable bonds is 14. The van der Waals surface area contributed by atoms with E-state index in [1.54, 1.807) is 18.6 Å². The van der Waals surface area contributed by atoms with Gasteiger partial charge in [0.15, 0.2) is 0 Å². The van der Waals surface area contributed by atoms with Crippen molar-refractivity contribution >= 4 is 12.4 Å². The summed E-state index contributed by atoms with van der Waals surface area (Å²) in [6, 6.07) is 28.3. The van der Waals surface area contributed by atoms with Crippen molar-refractivity contribution in [3.8, 4) is 11.5 Å². The standard InChI is InChI=1S/C33H36N4O2/c1-26(28-12-6-3-7-13-28)35-23-30-16-17-33(25-37-30)39-21-11-5-10-20-38-32-18-19-34-31(22-32)24-36-27(2)29-14-8-4-9-15-29/h3-4,6-9,12-19,22-27H,5,10-11,20-21H2,1-2H3/t26-,27-/m0/s1. The van der Waals surface area contributed by atoms with Crippen molar-refractivity contribution in [2.45, 2.75) is 45.2 Å². The van der Waals surface area contributed by atoms with Crippen LogP contribution < -0.4 is 9.47 Å². The van der Waals surface area contributed by atoms with E-state index >= 15 is 0 Å². The van der Waals surface area contributed by atoms with E-state index < -0.39 is 0 Å². The summed E-state index contributed by atoms with van der Waals surface area (Å²) in [7, 11) is 0. The van der Waals surface area contributed by atoms with Crippen molar-refractivity contribution in [2.75, 3.05) is 13.2 Å². The van der Waals surface area contributed by atoms with Crippen LogP contribution in [0.2, 0.25) is 0 Å². The van der Waals surface area contributed by atoms with Crippen LogP contribution in [-0.2, 0) is 0 Å². The second kappa shape index (κ2) is 15.2. The van der Waals surface area contributed by atoms with Crippen molar-refractivity contribution < 1.29 is 9.47 Å². The van der Waals surface area contributed by atoms with E-state index in [1.807, 2.05) is 66.9 Å². The zero-order valence-corrected chi connectivity index (χ0v) is 22.7. The van der Waals surface area contributed by atoms with Gasteiger partial charge in [-0.3, -0.25) is 20.0 Å². The summed E-state index contributed by atoms with van der Waals surface area (Å²) >= 11 is 0. The molecular formula is C33H36N4O2. The number of ether oxygens (including phenoxy) is 2. The normalized spacial score (nSPS) is 13.0. The second-order valence-electron chi connectivity index (χ2n) is 9.32. The molecular weight excluding hydrogens is 484 g/mol. The minimum absolute atomic E-state index is 0.0797. The Balaban J connectivity index is 1.11. The molecule has 0 aliphatic carbocycles. The van der Waals surface area contributed by atoms with Crippen molar-refractivity contribution in [3.05, 3.63) is 120 Å². The van der Waals surface area contributed by atoms with Gasteiger partial charge in [-0.2, -0.15) is 0 Å². The first-order valence-electron chi connectivity index (χ1n) is 13.5. The quantitative estimate of drug-likeness (QED) is 0.128. The summed E-state index contributed by atoms with van der Waals surface area (Å²) in [4.78, 5) is 18.1. The lowest BCUT2D eigenvalue weighted by Crippen LogP contribution is -2.02. The molecule has 4 aromatic rings. The van der Waals surface area contributed by atoms with Gasteiger partial charge in [0.05, 0.1) is 42.9 Å². The summed E-state index contributed by atoms with van der Waals surface area (Å²) < 4.78 is 11.8. The molecule has 0 bridgehead atoms. The summed E-state index contributed by atoms with van der Waals surface area (Å²) in [5.74, 6) is 1.58. The molecule has 0 radical (unpaired) electrons. The van der Waals surface area contributed by atoms with Crippen LogP contribution >= 0.6 is 0 Å². The molecule has 6 nitrogen and oxygen atoms in total. The monoisotopic (exact) mass is 520 g/mol. The highest BCUT2D eigenvalue weighted by Crippen LogP contribution is 2.18. The number of nitrogens with zero attached hydrogens (tertiary/aromatic N) is 4. The number of benzene rings is 2. The number of aliphatic imine (C=N–C) groups is 2. The van der Waals surface area contributed by atoms with Gasteiger partial charge >= 0.3 is 0 Å². The van der Waals surface area contributed by atoms with E-state index in [4.69, 9.17) is 9.47 Å². The van der Waals surface area contributed by atoms with Crippen molar-refractivity contribution in [2.24, 2.45) is 9.98 Å². The molecule has 4 rings (SSSR count). The van der Waals surface area contributed by atoms with Gasteiger partial charge in [0.1, 0.15) is 11.5 Å². The Bertz CT molecular complexity index is 1310. The van der Waals surface area contributed by atoms with Crippen LogP contribution in [0.5, 0.6) is 11.5 Å². The molecule has 2 heterocycles. The molecule has 0 amide bonds. The molecule has 200 valence electrons. The van der Waals surface area contributed by atoms with Crippen LogP contribution in [0.1, 0.15) is 67.7 Å². The molecule has 2 atom stereocenters. The maximum Gasteiger partial charge on any atom is 0.137 e. The molecule has 2 aromatic heterocycles. The van der Waals surface area contributed by atoms with Crippen molar-refractivity contribution in [1.82, 2.24) is 9.97 Å². The summed E-state index contributed by atoms with van der Waals surface area (Å²) in [6.45, 7) is 5.45. The largest absolute Gasteiger partial charge is 0.493 e. The first kappa shape index (κ1) is 27.7. The molecule has 0 saturated carbocycles. The van der Waals surface area contributed by atoms with Crippen molar-refractivity contribution in [1.29, 1.82) is 0 Å². The van der Waals surface area contributed by atoms with Gasteiger partial charge in [-0.1, -0.05) is 60.7 Å². The van der Waals surface area contributed by atoms with E-state index in [0.717, 1.165) is 42.1 Å². The molecule has 0 N–H and O–H groups in total. The Morgan fingerprint density at radius 3 is 1.82 bits per heavy atom. The third kappa shape index (κ3) is 9.49. The third-order valence-corrected chi connectivity index (χ3v) is 6.26. The number of aromatic nitrogens is 2. The van der Waals surface area contributed by atoms with Crippen molar-refractivity contribution in [3.63, 3.8) is 0 Å². The summed E-state index contributed by atoms with van der Waals surface area (Å²) in [6.07, 6.45) is 10.0. The van der Waals surface area contributed by atoms with Gasteiger partial charge in [0.2, 0.25) is 0 Å². The molecule has 0 saturated heterocycles. The minimum Gasteiger partial charge on any atom is -0.493 e. The fraction of sp³-hybridized carbons (Fsp3) is 0.273. The lowest BCUT2D eigenvalue weighted by atomic mass is 10.1. The molecule has 0 spiro atoms. The number of pyridine rings is 2. The Labute approximate surface area is 231 Å². The van der Waals surface area contributed by atoms with E-state index in [1.165, 1.54) is 11.1 Å². The topological polar surface area (TPSA) is 69.0 Å². The van der Waals surface area contributed by atoms with Crippen LogP contribution in [0, 0.1) is 0 Å². The van der Waals surface area contributed by atoms with Crippen LogP contribution in [0.3, 0.4) is 0 Å². The average Bonchev–Trinajstić information content (AvgIpc) is 3.00. The SMILES string of the molecule is C[C@H](N=Cc1ccc(OCCCCCOc2ccnc(C=N[C@@H](C)c3ccccc3)c2)cn1)c1ccccc1. The maximum atomic E-state index is 5.92. The van der Waals surface area contributed by atoms with E-state index in [9.17, 15) is 0 Å². The zero-order valence-electron chi connectivity index (χ0n) is 22.7.